The fourth-order valence-electron chi connectivity index (χ4n) is 2.87. The third kappa shape index (κ3) is 9.14. The highest BCUT2D eigenvalue weighted by molar-refractivity contribution is 14.0. The van der Waals surface area contributed by atoms with Crippen molar-refractivity contribution in [2.24, 2.45) is 4.99 Å². The van der Waals surface area contributed by atoms with Crippen LogP contribution < -0.4 is 10.0 Å². The van der Waals surface area contributed by atoms with E-state index in [9.17, 15) is 8.42 Å². The van der Waals surface area contributed by atoms with E-state index in [4.69, 9.17) is 0 Å². The Morgan fingerprint density at radius 1 is 1.00 bits per heavy atom. The summed E-state index contributed by atoms with van der Waals surface area (Å²) in [6.07, 6.45) is 0. The summed E-state index contributed by atoms with van der Waals surface area (Å²) in [5.74, 6) is 0.789. The molecule has 29 heavy (non-hydrogen) atoms. The summed E-state index contributed by atoms with van der Waals surface area (Å²) in [6.45, 7) is 5.01. The summed E-state index contributed by atoms with van der Waals surface area (Å²) in [5.41, 5.74) is 3.04. The molecule has 0 spiro atoms. The summed E-state index contributed by atoms with van der Waals surface area (Å²) in [7, 11) is 0.453. The number of nitrogens with zero attached hydrogens (tertiary/aromatic N) is 2. The number of rotatable bonds is 8. The van der Waals surface area contributed by atoms with Crippen LogP contribution in [0, 0.1) is 0 Å². The lowest BCUT2D eigenvalue weighted by Crippen LogP contribution is -2.38. The monoisotopic (exact) mass is 530 g/mol. The van der Waals surface area contributed by atoms with Gasteiger partial charge in [0.15, 0.2) is 5.96 Å². The van der Waals surface area contributed by atoms with Gasteiger partial charge in [-0.25, -0.2) is 13.1 Å². The van der Waals surface area contributed by atoms with Gasteiger partial charge in [0.25, 0.3) is 0 Å². The minimum atomic E-state index is -3.31. The summed E-state index contributed by atoms with van der Waals surface area (Å²) in [4.78, 5) is 6.40. The van der Waals surface area contributed by atoms with Crippen LogP contribution in [-0.2, 0) is 28.9 Å². The number of halogens is 1. The molecule has 0 radical (unpaired) electrons. The maximum atomic E-state index is 12.0. The van der Waals surface area contributed by atoms with Gasteiger partial charge in [-0.05, 0) is 30.5 Å². The molecule has 2 N–H and O–H groups in total. The maximum Gasteiger partial charge on any atom is 0.216 e. The second-order valence-electron chi connectivity index (χ2n) is 7.09. The molecule has 2 rings (SSSR count). The molecule has 0 unspecified atom stereocenters. The first-order chi connectivity index (χ1) is 13.3. The average Bonchev–Trinajstić information content (AvgIpc) is 2.63. The van der Waals surface area contributed by atoms with E-state index in [1.165, 1.54) is 5.56 Å². The Morgan fingerprint density at radius 3 is 2.14 bits per heavy atom. The van der Waals surface area contributed by atoms with Gasteiger partial charge in [0, 0.05) is 33.2 Å². The number of hydrogen-bond donors (Lipinski definition) is 2. The Kier molecular flexibility index (Phi) is 10.6. The first-order valence-electron chi connectivity index (χ1n) is 9.32. The zero-order valence-corrected chi connectivity index (χ0v) is 20.6. The van der Waals surface area contributed by atoms with E-state index in [0.29, 0.717) is 6.54 Å². The molecule has 8 heteroatoms. The zero-order valence-electron chi connectivity index (χ0n) is 17.4. The van der Waals surface area contributed by atoms with Gasteiger partial charge in [0.05, 0.1) is 5.75 Å². The van der Waals surface area contributed by atoms with E-state index in [-0.39, 0.29) is 35.8 Å². The Hall–Kier alpha value is -1.65. The fourth-order valence-corrected chi connectivity index (χ4v) is 4.30. The average molecular weight is 530 g/mol. The number of benzene rings is 2. The predicted octanol–water partition coefficient (Wildman–Crippen LogP) is 3.34. The van der Waals surface area contributed by atoms with E-state index >= 15 is 0 Å². The molecular weight excluding hydrogens is 499 g/mol. The second kappa shape index (κ2) is 12.1. The Labute approximate surface area is 191 Å². The Morgan fingerprint density at radius 2 is 1.59 bits per heavy atom. The van der Waals surface area contributed by atoms with Crippen molar-refractivity contribution in [3.05, 3.63) is 71.3 Å². The number of sulfonamides is 1. The Balaban J connectivity index is 0.00000420. The van der Waals surface area contributed by atoms with Crippen molar-refractivity contribution in [2.75, 3.05) is 14.1 Å². The molecule has 0 saturated carbocycles. The summed E-state index contributed by atoms with van der Waals surface area (Å²) in [5, 5.41) is 3.34. The van der Waals surface area contributed by atoms with E-state index in [0.717, 1.165) is 23.6 Å². The highest BCUT2D eigenvalue weighted by Gasteiger charge is 2.13. The van der Waals surface area contributed by atoms with Crippen molar-refractivity contribution < 1.29 is 8.42 Å². The SMILES string of the molecule is CN=C(NCc1ccc(CS(=O)(=O)NC(C)C)cc1)N(C)Cc1ccccc1.I. The van der Waals surface area contributed by atoms with Crippen LogP contribution in [0.4, 0.5) is 0 Å². The van der Waals surface area contributed by atoms with Crippen molar-refractivity contribution in [3.63, 3.8) is 0 Å². The van der Waals surface area contributed by atoms with Gasteiger partial charge in [0.2, 0.25) is 10.0 Å². The van der Waals surface area contributed by atoms with Crippen LogP contribution in [0.5, 0.6) is 0 Å². The van der Waals surface area contributed by atoms with Gasteiger partial charge in [-0.1, -0.05) is 54.6 Å². The van der Waals surface area contributed by atoms with Crippen molar-refractivity contribution >= 4 is 40.0 Å². The Bertz CT molecular complexity index is 869. The second-order valence-corrected chi connectivity index (χ2v) is 8.84. The lowest BCUT2D eigenvalue weighted by molar-refractivity contribution is 0.476. The maximum absolute atomic E-state index is 12.0. The van der Waals surface area contributed by atoms with Crippen LogP contribution in [0.2, 0.25) is 0 Å². The minimum absolute atomic E-state index is 0. The lowest BCUT2D eigenvalue weighted by atomic mass is 10.1. The predicted molar refractivity (Wildman–Crippen MR) is 131 cm³/mol. The molecule has 0 aliphatic heterocycles. The third-order valence-electron chi connectivity index (χ3n) is 4.08. The molecule has 2 aromatic carbocycles. The van der Waals surface area contributed by atoms with Crippen molar-refractivity contribution in [1.29, 1.82) is 0 Å². The molecule has 6 nitrogen and oxygen atoms in total. The highest BCUT2D eigenvalue weighted by atomic mass is 127. The largest absolute Gasteiger partial charge is 0.352 e. The smallest absolute Gasteiger partial charge is 0.216 e. The molecule has 0 amide bonds. The van der Waals surface area contributed by atoms with E-state index in [1.54, 1.807) is 7.05 Å². The number of hydrogen-bond acceptors (Lipinski definition) is 3. The van der Waals surface area contributed by atoms with Crippen LogP contribution >= 0.6 is 24.0 Å². The van der Waals surface area contributed by atoms with Crippen LogP contribution in [0.25, 0.3) is 0 Å². The molecule has 0 aliphatic carbocycles. The lowest BCUT2D eigenvalue weighted by Gasteiger charge is -2.22. The molecule has 0 fully saturated rings. The van der Waals surface area contributed by atoms with E-state index < -0.39 is 10.0 Å². The van der Waals surface area contributed by atoms with Gasteiger partial charge in [-0.3, -0.25) is 4.99 Å². The standard InChI is InChI=1S/C21H30N4O2S.HI/c1-17(2)24-28(26,27)16-20-12-10-18(11-13-20)14-23-21(22-3)25(4)15-19-8-6-5-7-9-19;/h5-13,17,24H,14-16H2,1-4H3,(H,22,23);1H. The van der Waals surface area contributed by atoms with Crippen molar-refractivity contribution in [3.8, 4) is 0 Å². The van der Waals surface area contributed by atoms with Gasteiger partial charge in [-0.2, -0.15) is 0 Å². The van der Waals surface area contributed by atoms with E-state index in [2.05, 4.69) is 32.1 Å². The molecule has 0 aromatic heterocycles. The fraction of sp³-hybridized carbons (Fsp3) is 0.381. The molecule has 0 saturated heterocycles. The number of nitrogens with one attached hydrogen (secondary N) is 2. The van der Waals surface area contributed by atoms with Crippen LogP contribution in [0.3, 0.4) is 0 Å². The van der Waals surface area contributed by atoms with Crippen LogP contribution in [-0.4, -0.2) is 39.4 Å². The van der Waals surface area contributed by atoms with Crippen LogP contribution in [0.15, 0.2) is 59.6 Å². The van der Waals surface area contributed by atoms with Crippen molar-refractivity contribution in [2.45, 2.75) is 38.7 Å². The normalized spacial score (nSPS) is 11.8. The molecule has 2 aromatic rings. The topological polar surface area (TPSA) is 73.8 Å². The van der Waals surface area contributed by atoms with Crippen LogP contribution in [0.1, 0.15) is 30.5 Å². The molecule has 0 bridgehead atoms. The molecular formula is C21H31IN4O2S. The zero-order chi connectivity index (χ0) is 20.6. The number of aliphatic imine (C=N–C) groups is 1. The molecule has 0 heterocycles. The van der Waals surface area contributed by atoms with Gasteiger partial charge >= 0.3 is 0 Å². The van der Waals surface area contributed by atoms with Gasteiger partial charge in [0.1, 0.15) is 0 Å². The summed E-state index contributed by atoms with van der Waals surface area (Å²) in [6, 6.07) is 17.7. The van der Waals surface area contributed by atoms with Gasteiger partial charge in [-0.15, -0.1) is 24.0 Å². The molecule has 0 aliphatic rings. The molecule has 160 valence electrons. The molecule has 0 atom stereocenters. The minimum Gasteiger partial charge on any atom is -0.352 e. The number of guanidine groups is 1. The summed E-state index contributed by atoms with van der Waals surface area (Å²) < 4.78 is 26.7. The quantitative estimate of drug-likeness (QED) is 0.312. The first kappa shape index (κ1) is 25.4. The third-order valence-corrected chi connectivity index (χ3v) is 5.63. The first-order valence-corrected chi connectivity index (χ1v) is 11.0. The van der Waals surface area contributed by atoms with E-state index in [1.807, 2.05) is 63.4 Å². The highest BCUT2D eigenvalue weighted by Crippen LogP contribution is 2.09. The summed E-state index contributed by atoms with van der Waals surface area (Å²) >= 11 is 0. The van der Waals surface area contributed by atoms with Crippen molar-refractivity contribution in [1.82, 2.24) is 14.9 Å². The van der Waals surface area contributed by atoms with Gasteiger partial charge < -0.3 is 10.2 Å².